The molecule has 8 nitrogen and oxygen atoms in total. The van der Waals surface area contributed by atoms with E-state index in [1.54, 1.807) is 0 Å². The van der Waals surface area contributed by atoms with Crippen LogP contribution in [0.3, 0.4) is 0 Å². The summed E-state index contributed by atoms with van der Waals surface area (Å²) in [4.78, 5) is 22.7. The number of hydrogen-bond acceptors (Lipinski definition) is 6. The number of amides is 2. The van der Waals surface area contributed by atoms with Gasteiger partial charge in [-0.25, -0.2) is 5.84 Å². The van der Waals surface area contributed by atoms with Crippen molar-refractivity contribution < 1.29 is 9.59 Å². The number of nitrogens with two attached hydrogens (primary N) is 2. The number of nitrogens with one attached hydrogen (secondary N) is 2. The number of primary amides is 1. The van der Waals surface area contributed by atoms with Crippen molar-refractivity contribution in [1.82, 2.24) is 15.5 Å². The predicted molar refractivity (Wildman–Crippen MR) is 60.6 cm³/mol. The summed E-state index contributed by atoms with van der Waals surface area (Å²) in [6.07, 6.45) is 0. The molecule has 1 aromatic rings. The van der Waals surface area contributed by atoms with Gasteiger partial charge < -0.3 is 16.5 Å². The van der Waals surface area contributed by atoms with Crippen molar-refractivity contribution in [2.75, 3.05) is 5.43 Å². The highest BCUT2D eigenvalue weighted by Gasteiger charge is 2.27. The first-order valence-corrected chi connectivity index (χ1v) is 4.79. The van der Waals surface area contributed by atoms with Gasteiger partial charge in [0.25, 0.3) is 5.91 Å². The van der Waals surface area contributed by atoms with Crippen LogP contribution >= 0.6 is 0 Å². The fraction of sp³-hybridized carbons (Fsp3) is 0.333. The first-order chi connectivity index (χ1) is 7.86. The summed E-state index contributed by atoms with van der Waals surface area (Å²) >= 11 is 0. The van der Waals surface area contributed by atoms with Gasteiger partial charge in [-0.3, -0.25) is 9.59 Å². The number of rotatable bonds is 4. The number of aromatic nitrogens is 2. The molecule has 0 aliphatic carbocycles. The second-order valence-electron chi connectivity index (χ2n) is 3.89. The van der Waals surface area contributed by atoms with Crippen LogP contribution in [0.1, 0.15) is 24.3 Å². The second kappa shape index (κ2) is 4.74. The maximum atomic E-state index is 11.7. The normalized spacial score (nSPS) is 10.8. The standard InChI is InChI=1S/C9H14N6O2/c1-9(2,8(10)17)12-7(16)5-3-4-6(13-11)15-14-5/h3-4H,11H2,1-2H3,(H2,10,17)(H,12,16)(H,13,15). The zero-order valence-electron chi connectivity index (χ0n) is 9.52. The van der Waals surface area contributed by atoms with Crippen molar-refractivity contribution in [3.8, 4) is 0 Å². The van der Waals surface area contributed by atoms with E-state index in [-0.39, 0.29) is 5.69 Å². The van der Waals surface area contributed by atoms with E-state index in [0.29, 0.717) is 5.82 Å². The summed E-state index contributed by atoms with van der Waals surface area (Å²) in [6, 6.07) is 2.91. The van der Waals surface area contributed by atoms with Gasteiger partial charge in [0.1, 0.15) is 5.54 Å². The van der Waals surface area contributed by atoms with Crippen LogP contribution in [-0.2, 0) is 4.79 Å². The zero-order valence-corrected chi connectivity index (χ0v) is 9.52. The van der Waals surface area contributed by atoms with Crippen LogP contribution in [0.4, 0.5) is 5.82 Å². The summed E-state index contributed by atoms with van der Waals surface area (Å²) in [5.41, 5.74) is 6.32. The van der Waals surface area contributed by atoms with Gasteiger partial charge in [-0.15, -0.1) is 10.2 Å². The van der Waals surface area contributed by atoms with Crippen molar-refractivity contribution in [2.45, 2.75) is 19.4 Å². The maximum absolute atomic E-state index is 11.7. The third kappa shape index (κ3) is 3.11. The quantitative estimate of drug-likeness (QED) is 0.382. The molecule has 0 saturated carbocycles. The molecule has 0 saturated heterocycles. The average Bonchev–Trinajstić information content (AvgIpc) is 2.28. The smallest absolute Gasteiger partial charge is 0.272 e. The number of nitrogens with zero attached hydrogens (tertiary/aromatic N) is 2. The van der Waals surface area contributed by atoms with Crippen LogP contribution in [-0.4, -0.2) is 27.6 Å². The van der Waals surface area contributed by atoms with Gasteiger partial charge in [0.05, 0.1) is 0 Å². The van der Waals surface area contributed by atoms with Crippen molar-refractivity contribution in [1.29, 1.82) is 0 Å². The zero-order chi connectivity index (χ0) is 13.1. The molecule has 1 aromatic heterocycles. The van der Waals surface area contributed by atoms with E-state index in [1.807, 2.05) is 0 Å². The number of hydrogen-bond donors (Lipinski definition) is 4. The molecule has 0 aliphatic heterocycles. The average molecular weight is 238 g/mol. The molecule has 0 radical (unpaired) electrons. The molecular weight excluding hydrogens is 224 g/mol. The highest BCUT2D eigenvalue weighted by atomic mass is 16.2. The first kappa shape index (κ1) is 12.8. The molecule has 1 heterocycles. The van der Waals surface area contributed by atoms with Gasteiger partial charge in [0, 0.05) is 0 Å². The fourth-order valence-electron chi connectivity index (χ4n) is 0.940. The molecule has 0 spiro atoms. The maximum Gasteiger partial charge on any atom is 0.272 e. The fourth-order valence-corrected chi connectivity index (χ4v) is 0.940. The van der Waals surface area contributed by atoms with Gasteiger partial charge in [0.15, 0.2) is 11.5 Å². The highest BCUT2D eigenvalue weighted by molar-refractivity contribution is 5.97. The van der Waals surface area contributed by atoms with Gasteiger partial charge in [0.2, 0.25) is 5.91 Å². The van der Waals surface area contributed by atoms with E-state index in [2.05, 4.69) is 20.9 Å². The van der Waals surface area contributed by atoms with E-state index in [1.165, 1.54) is 26.0 Å². The van der Waals surface area contributed by atoms with Gasteiger partial charge >= 0.3 is 0 Å². The minimum absolute atomic E-state index is 0.0679. The summed E-state index contributed by atoms with van der Waals surface area (Å²) in [5.74, 6) is 4.26. The van der Waals surface area contributed by atoms with Crippen LogP contribution in [0, 0.1) is 0 Å². The largest absolute Gasteiger partial charge is 0.368 e. The number of hydrazine groups is 1. The van der Waals surface area contributed by atoms with E-state index in [9.17, 15) is 9.59 Å². The number of nitrogen functional groups attached to an aromatic ring is 1. The Morgan fingerprint density at radius 2 is 1.94 bits per heavy atom. The van der Waals surface area contributed by atoms with Crippen molar-refractivity contribution in [3.63, 3.8) is 0 Å². The van der Waals surface area contributed by atoms with E-state index in [4.69, 9.17) is 11.6 Å². The molecule has 0 unspecified atom stereocenters. The van der Waals surface area contributed by atoms with Gasteiger partial charge in [-0.2, -0.15) is 0 Å². The molecule has 17 heavy (non-hydrogen) atoms. The van der Waals surface area contributed by atoms with Crippen LogP contribution in [0.15, 0.2) is 12.1 Å². The van der Waals surface area contributed by atoms with Gasteiger partial charge in [-0.1, -0.05) is 0 Å². The lowest BCUT2D eigenvalue weighted by molar-refractivity contribution is -0.122. The van der Waals surface area contributed by atoms with E-state index < -0.39 is 17.4 Å². The number of carbonyl (C=O) groups is 2. The minimum Gasteiger partial charge on any atom is -0.368 e. The van der Waals surface area contributed by atoms with Crippen LogP contribution in [0.5, 0.6) is 0 Å². The number of carbonyl (C=O) groups excluding carboxylic acids is 2. The topological polar surface area (TPSA) is 136 Å². The Morgan fingerprint density at radius 3 is 2.35 bits per heavy atom. The first-order valence-electron chi connectivity index (χ1n) is 4.79. The highest BCUT2D eigenvalue weighted by Crippen LogP contribution is 2.04. The Kier molecular flexibility index (Phi) is 3.59. The van der Waals surface area contributed by atoms with E-state index >= 15 is 0 Å². The number of anilines is 1. The van der Waals surface area contributed by atoms with E-state index in [0.717, 1.165) is 0 Å². The van der Waals surface area contributed by atoms with Crippen molar-refractivity contribution in [3.05, 3.63) is 17.8 Å². The molecule has 6 N–H and O–H groups in total. The molecule has 0 atom stereocenters. The van der Waals surface area contributed by atoms with Crippen LogP contribution in [0.2, 0.25) is 0 Å². The lowest BCUT2D eigenvalue weighted by Gasteiger charge is -2.21. The van der Waals surface area contributed by atoms with Crippen molar-refractivity contribution in [2.24, 2.45) is 11.6 Å². The summed E-state index contributed by atoms with van der Waals surface area (Å²) in [5, 5.41) is 9.71. The van der Waals surface area contributed by atoms with Crippen molar-refractivity contribution >= 4 is 17.6 Å². The molecular formula is C9H14N6O2. The van der Waals surface area contributed by atoms with Crippen LogP contribution in [0.25, 0.3) is 0 Å². The molecule has 0 bridgehead atoms. The van der Waals surface area contributed by atoms with Crippen LogP contribution < -0.4 is 22.3 Å². The second-order valence-corrected chi connectivity index (χ2v) is 3.89. The SMILES string of the molecule is CC(C)(NC(=O)c1ccc(NN)nn1)C(N)=O. The third-order valence-corrected chi connectivity index (χ3v) is 2.09. The Bertz CT molecular complexity index is 428. The molecule has 1 rings (SSSR count). The monoisotopic (exact) mass is 238 g/mol. The lowest BCUT2D eigenvalue weighted by atomic mass is 10.1. The Morgan fingerprint density at radius 1 is 1.29 bits per heavy atom. The molecule has 8 heteroatoms. The molecule has 2 amide bonds. The molecule has 0 fully saturated rings. The summed E-state index contributed by atoms with van der Waals surface area (Å²) < 4.78 is 0. The molecule has 92 valence electrons. The van der Waals surface area contributed by atoms with Gasteiger partial charge in [-0.05, 0) is 26.0 Å². The summed E-state index contributed by atoms with van der Waals surface area (Å²) in [7, 11) is 0. The molecule has 0 aliphatic rings. The Balaban J connectivity index is 2.80. The summed E-state index contributed by atoms with van der Waals surface area (Å²) in [6.45, 7) is 2.99. The Labute approximate surface area is 97.7 Å². The molecule has 0 aromatic carbocycles. The minimum atomic E-state index is -1.15. The third-order valence-electron chi connectivity index (χ3n) is 2.09. The predicted octanol–water partition coefficient (Wildman–Crippen LogP) is -1.24. The Hall–Kier alpha value is -2.22. The lowest BCUT2D eigenvalue weighted by Crippen LogP contribution is -2.53.